The number of nitrogens with zero attached hydrogens (tertiary/aromatic N) is 5. The fourth-order valence-electron chi connectivity index (χ4n) is 2.50. The molecule has 23 heavy (non-hydrogen) atoms. The van der Waals surface area contributed by atoms with Crippen LogP contribution >= 0.6 is 0 Å². The van der Waals surface area contributed by atoms with Gasteiger partial charge in [0, 0.05) is 30.4 Å². The Morgan fingerprint density at radius 1 is 0.913 bits per heavy atom. The highest BCUT2D eigenvalue weighted by Gasteiger charge is 2.18. The van der Waals surface area contributed by atoms with Crippen LogP contribution in [-0.2, 0) is 0 Å². The first kappa shape index (κ1) is 13.3. The molecule has 0 radical (unpaired) electrons. The minimum atomic E-state index is 0.430. The van der Waals surface area contributed by atoms with E-state index in [4.69, 9.17) is 0 Å². The Morgan fingerprint density at radius 3 is 2.52 bits per heavy atom. The van der Waals surface area contributed by atoms with E-state index in [1.807, 2.05) is 36.4 Å². The van der Waals surface area contributed by atoms with Crippen molar-refractivity contribution < 1.29 is 4.79 Å². The maximum atomic E-state index is 11.6. The second-order valence-corrected chi connectivity index (χ2v) is 4.90. The molecular formula is C17H11N5O. The third-order valence-corrected chi connectivity index (χ3v) is 3.56. The fraction of sp³-hybridized carbons (Fsp3) is 0. The lowest BCUT2D eigenvalue weighted by atomic mass is 10.2. The second kappa shape index (κ2) is 5.42. The summed E-state index contributed by atoms with van der Waals surface area (Å²) in [5.74, 6) is 0. The molecule has 110 valence electrons. The van der Waals surface area contributed by atoms with Gasteiger partial charge in [-0.05, 0) is 30.3 Å². The van der Waals surface area contributed by atoms with Gasteiger partial charge < -0.3 is 0 Å². The Hall–Kier alpha value is -3.41. The van der Waals surface area contributed by atoms with Crippen LogP contribution in [0.2, 0.25) is 0 Å². The van der Waals surface area contributed by atoms with E-state index in [2.05, 4.69) is 20.1 Å². The molecule has 0 aromatic carbocycles. The van der Waals surface area contributed by atoms with Crippen LogP contribution in [0.25, 0.3) is 28.3 Å². The van der Waals surface area contributed by atoms with Gasteiger partial charge in [0.05, 0.1) is 17.0 Å². The van der Waals surface area contributed by atoms with E-state index in [-0.39, 0.29) is 0 Å². The van der Waals surface area contributed by atoms with E-state index < -0.39 is 0 Å². The lowest BCUT2D eigenvalue weighted by Gasteiger charge is -2.03. The molecule has 0 unspecified atom stereocenters. The number of carbonyl (C=O) groups is 1. The van der Waals surface area contributed by atoms with Gasteiger partial charge >= 0.3 is 0 Å². The Labute approximate surface area is 131 Å². The minimum Gasteiger partial charge on any atom is -0.298 e. The second-order valence-electron chi connectivity index (χ2n) is 4.90. The van der Waals surface area contributed by atoms with Crippen molar-refractivity contribution in [1.29, 1.82) is 0 Å². The molecule has 0 aliphatic carbocycles. The fourth-order valence-corrected chi connectivity index (χ4v) is 2.50. The minimum absolute atomic E-state index is 0.430. The molecular weight excluding hydrogens is 290 g/mol. The topological polar surface area (TPSA) is 73.0 Å². The van der Waals surface area contributed by atoms with E-state index in [1.54, 1.807) is 29.3 Å². The first-order chi connectivity index (χ1) is 11.4. The molecule has 0 amide bonds. The van der Waals surface area contributed by atoms with Crippen LogP contribution in [0, 0.1) is 0 Å². The molecule has 6 heteroatoms. The lowest BCUT2D eigenvalue weighted by Crippen LogP contribution is -1.96. The monoisotopic (exact) mass is 301 g/mol. The van der Waals surface area contributed by atoms with Crippen LogP contribution in [0.5, 0.6) is 0 Å². The normalized spacial score (nSPS) is 10.8. The van der Waals surface area contributed by atoms with Gasteiger partial charge in [-0.3, -0.25) is 14.8 Å². The molecule has 0 saturated carbocycles. The van der Waals surface area contributed by atoms with E-state index in [0.717, 1.165) is 17.5 Å². The Balaban J connectivity index is 2.03. The Kier molecular flexibility index (Phi) is 3.12. The number of fused-ring (bicyclic) bond motifs is 1. The lowest BCUT2D eigenvalue weighted by molar-refractivity contribution is 0.112. The molecule has 0 bridgehead atoms. The molecule has 0 N–H and O–H groups in total. The van der Waals surface area contributed by atoms with Crippen molar-refractivity contribution in [1.82, 2.24) is 24.6 Å². The van der Waals surface area contributed by atoms with Gasteiger partial charge in [-0.25, -0.2) is 9.50 Å². The molecule has 0 fully saturated rings. The molecule has 4 aromatic heterocycles. The van der Waals surface area contributed by atoms with Crippen molar-refractivity contribution >= 4 is 11.9 Å². The zero-order chi connectivity index (χ0) is 15.6. The predicted octanol–water partition coefficient (Wildman–Crippen LogP) is 2.67. The molecule has 4 aromatic rings. The largest absolute Gasteiger partial charge is 0.298 e. The van der Waals surface area contributed by atoms with E-state index >= 15 is 0 Å². The van der Waals surface area contributed by atoms with Crippen LogP contribution in [-0.4, -0.2) is 30.9 Å². The maximum absolute atomic E-state index is 11.6. The summed E-state index contributed by atoms with van der Waals surface area (Å²) in [6, 6.07) is 11.1. The molecule has 0 saturated heterocycles. The van der Waals surface area contributed by atoms with Gasteiger partial charge in [0.2, 0.25) is 0 Å². The van der Waals surface area contributed by atoms with Gasteiger partial charge in [0.25, 0.3) is 0 Å². The predicted molar refractivity (Wildman–Crippen MR) is 84.8 cm³/mol. The van der Waals surface area contributed by atoms with Gasteiger partial charge in [-0.15, -0.1) is 0 Å². The summed E-state index contributed by atoms with van der Waals surface area (Å²) in [5, 5.41) is 4.57. The molecule has 0 aliphatic rings. The zero-order valence-corrected chi connectivity index (χ0v) is 12.0. The molecule has 6 nitrogen and oxygen atoms in total. The van der Waals surface area contributed by atoms with Crippen molar-refractivity contribution in [2.45, 2.75) is 0 Å². The number of hydrogen-bond acceptors (Lipinski definition) is 5. The zero-order valence-electron chi connectivity index (χ0n) is 12.0. The SMILES string of the molecule is O=Cc1c(-c2ccccn2)nn2c(-c3ccncc3)ccnc12. The van der Waals surface area contributed by atoms with E-state index in [1.165, 1.54) is 0 Å². The summed E-state index contributed by atoms with van der Waals surface area (Å²) in [7, 11) is 0. The highest BCUT2D eigenvalue weighted by atomic mass is 16.1. The highest BCUT2D eigenvalue weighted by Crippen LogP contribution is 2.26. The summed E-state index contributed by atoms with van der Waals surface area (Å²) in [4.78, 5) is 24.2. The molecule has 0 atom stereocenters. The van der Waals surface area contributed by atoms with Crippen LogP contribution in [0.15, 0.2) is 61.2 Å². The van der Waals surface area contributed by atoms with Gasteiger partial charge in [0.1, 0.15) is 5.69 Å². The van der Waals surface area contributed by atoms with Crippen LogP contribution in [0.3, 0.4) is 0 Å². The summed E-state index contributed by atoms with van der Waals surface area (Å²) >= 11 is 0. The number of rotatable bonds is 3. The van der Waals surface area contributed by atoms with Gasteiger partial charge in [-0.2, -0.15) is 5.10 Å². The first-order valence-corrected chi connectivity index (χ1v) is 7.03. The van der Waals surface area contributed by atoms with Crippen molar-refractivity contribution in [2.75, 3.05) is 0 Å². The number of hydrogen-bond donors (Lipinski definition) is 0. The molecule has 0 aliphatic heterocycles. The van der Waals surface area contributed by atoms with Crippen LogP contribution in [0.1, 0.15) is 10.4 Å². The highest BCUT2D eigenvalue weighted by molar-refractivity contribution is 5.93. The van der Waals surface area contributed by atoms with Crippen molar-refractivity contribution in [3.05, 3.63) is 66.7 Å². The van der Waals surface area contributed by atoms with Crippen LogP contribution < -0.4 is 0 Å². The standard InChI is InChI=1S/C17H11N5O/c23-11-13-16(14-3-1-2-7-19-14)21-22-15(6-10-20-17(13)22)12-4-8-18-9-5-12/h1-11H. The molecule has 4 rings (SSSR count). The van der Waals surface area contributed by atoms with Crippen molar-refractivity contribution in [2.24, 2.45) is 0 Å². The van der Waals surface area contributed by atoms with Gasteiger partial charge in [0.15, 0.2) is 11.9 Å². The summed E-state index contributed by atoms with van der Waals surface area (Å²) in [5.41, 5.74) is 3.88. The molecule has 0 spiro atoms. The smallest absolute Gasteiger partial charge is 0.166 e. The average Bonchev–Trinajstić information content (AvgIpc) is 3.02. The average molecular weight is 301 g/mol. The van der Waals surface area contributed by atoms with E-state index in [0.29, 0.717) is 22.6 Å². The Bertz CT molecular complexity index is 980. The first-order valence-electron chi connectivity index (χ1n) is 7.03. The summed E-state index contributed by atoms with van der Waals surface area (Å²) < 4.78 is 1.67. The van der Waals surface area contributed by atoms with Gasteiger partial charge in [-0.1, -0.05) is 6.07 Å². The van der Waals surface area contributed by atoms with Crippen molar-refractivity contribution in [3.8, 4) is 22.6 Å². The van der Waals surface area contributed by atoms with Crippen LogP contribution in [0.4, 0.5) is 0 Å². The van der Waals surface area contributed by atoms with Crippen molar-refractivity contribution in [3.63, 3.8) is 0 Å². The number of aromatic nitrogens is 5. The Morgan fingerprint density at radius 2 is 1.78 bits per heavy atom. The summed E-state index contributed by atoms with van der Waals surface area (Å²) in [6.45, 7) is 0. The number of carbonyl (C=O) groups excluding carboxylic acids is 1. The summed E-state index contributed by atoms with van der Waals surface area (Å²) in [6.07, 6.45) is 7.54. The number of pyridine rings is 2. The number of aldehydes is 1. The maximum Gasteiger partial charge on any atom is 0.166 e. The third-order valence-electron chi connectivity index (χ3n) is 3.56. The van der Waals surface area contributed by atoms with E-state index in [9.17, 15) is 4.79 Å². The quantitative estimate of drug-likeness (QED) is 0.544. The molecule has 4 heterocycles. The third kappa shape index (κ3) is 2.17.